The van der Waals surface area contributed by atoms with E-state index in [2.05, 4.69) is 26.4 Å². The number of nitrogens with one attached hydrogen (secondary N) is 1. The molecular formula is C13H16BrN3O2S. The monoisotopic (exact) mass is 357 g/mol. The first-order chi connectivity index (χ1) is 9.61. The Morgan fingerprint density at radius 3 is 2.95 bits per heavy atom. The first-order valence-electron chi connectivity index (χ1n) is 6.31. The molecule has 20 heavy (non-hydrogen) atoms. The van der Waals surface area contributed by atoms with Gasteiger partial charge >= 0.3 is 0 Å². The highest BCUT2D eigenvalue weighted by molar-refractivity contribution is 9.10. The maximum absolute atomic E-state index is 12.2. The second-order valence-corrected chi connectivity index (χ2v) is 6.75. The van der Waals surface area contributed by atoms with E-state index in [4.69, 9.17) is 10.9 Å². The molecule has 7 heteroatoms. The highest BCUT2D eigenvalue weighted by Crippen LogP contribution is 2.27. The molecule has 5 nitrogen and oxygen atoms in total. The molecule has 0 radical (unpaired) electrons. The van der Waals surface area contributed by atoms with Crippen molar-refractivity contribution in [1.82, 2.24) is 0 Å². The van der Waals surface area contributed by atoms with Crippen molar-refractivity contribution < 1.29 is 10.0 Å². The van der Waals surface area contributed by atoms with E-state index in [-0.39, 0.29) is 17.0 Å². The number of amidine groups is 1. The highest BCUT2D eigenvalue weighted by atomic mass is 79.9. The Morgan fingerprint density at radius 2 is 2.30 bits per heavy atom. The van der Waals surface area contributed by atoms with Gasteiger partial charge in [-0.25, -0.2) is 0 Å². The van der Waals surface area contributed by atoms with E-state index in [1.165, 1.54) is 6.42 Å². The maximum Gasteiger partial charge on any atom is 0.237 e. The van der Waals surface area contributed by atoms with Crippen molar-refractivity contribution in [3.05, 3.63) is 28.2 Å². The summed E-state index contributed by atoms with van der Waals surface area (Å²) in [4.78, 5) is 12.2. The van der Waals surface area contributed by atoms with Crippen LogP contribution in [0.4, 0.5) is 5.69 Å². The van der Waals surface area contributed by atoms with Crippen LogP contribution in [0.5, 0.6) is 0 Å². The molecule has 0 saturated carbocycles. The largest absolute Gasteiger partial charge is 0.409 e. The van der Waals surface area contributed by atoms with Crippen molar-refractivity contribution in [2.24, 2.45) is 10.9 Å². The molecule has 1 fully saturated rings. The number of nitrogens with two attached hydrogens (primary N) is 1. The fraction of sp³-hybridized carbons (Fsp3) is 0.385. The van der Waals surface area contributed by atoms with Crippen LogP contribution < -0.4 is 11.1 Å². The molecule has 1 atom stereocenters. The van der Waals surface area contributed by atoms with Gasteiger partial charge in [0.2, 0.25) is 5.91 Å². The van der Waals surface area contributed by atoms with Gasteiger partial charge in [-0.3, -0.25) is 4.79 Å². The van der Waals surface area contributed by atoms with E-state index in [0.717, 1.165) is 23.1 Å². The van der Waals surface area contributed by atoms with E-state index >= 15 is 0 Å². The Balaban J connectivity index is 2.18. The van der Waals surface area contributed by atoms with Crippen LogP contribution in [0.2, 0.25) is 0 Å². The summed E-state index contributed by atoms with van der Waals surface area (Å²) < 4.78 is 0.796. The van der Waals surface area contributed by atoms with Gasteiger partial charge in [0.05, 0.1) is 10.9 Å². The molecule has 1 saturated heterocycles. The predicted molar refractivity (Wildman–Crippen MR) is 85.4 cm³/mol. The smallest absolute Gasteiger partial charge is 0.237 e. The Bertz CT molecular complexity index is 530. The number of halogens is 1. The SMILES string of the molecule is N/C(=N/O)c1cc(Br)ccc1NC(=O)C1CCCCS1. The van der Waals surface area contributed by atoms with Gasteiger partial charge in [0.15, 0.2) is 5.84 Å². The minimum Gasteiger partial charge on any atom is -0.409 e. The molecule has 0 bridgehead atoms. The minimum atomic E-state index is -0.0297. The van der Waals surface area contributed by atoms with Crippen LogP contribution in [0.15, 0.2) is 27.8 Å². The molecule has 108 valence electrons. The molecule has 1 heterocycles. The molecule has 1 unspecified atom stereocenters. The Hall–Kier alpha value is -1.21. The van der Waals surface area contributed by atoms with Crippen molar-refractivity contribution in [2.45, 2.75) is 24.5 Å². The van der Waals surface area contributed by atoms with Crippen LogP contribution in [-0.4, -0.2) is 28.0 Å². The molecule has 1 aromatic carbocycles. The molecule has 1 amide bonds. The summed E-state index contributed by atoms with van der Waals surface area (Å²) in [5, 5.41) is 14.7. The number of hydrogen-bond donors (Lipinski definition) is 3. The Kier molecular flexibility index (Phi) is 5.31. The summed E-state index contributed by atoms with van der Waals surface area (Å²) in [5.41, 5.74) is 6.69. The lowest BCUT2D eigenvalue weighted by atomic mass is 10.1. The van der Waals surface area contributed by atoms with Gasteiger partial charge in [-0.05, 0) is 36.8 Å². The van der Waals surface area contributed by atoms with Gasteiger partial charge in [0, 0.05) is 10.0 Å². The van der Waals surface area contributed by atoms with Crippen LogP contribution in [-0.2, 0) is 4.79 Å². The average molecular weight is 358 g/mol. The number of hydrogen-bond acceptors (Lipinski definition) is 4. The first kappa shape index (κ1) is 15.2. The molecule has 0 aliphatic carbocycles. The van der Waals surface area contributed by atoms with Gasteiger partial charge in [-0.1, -0.05) is 27.5 Å². The number of amides is 1. The van der Waals surface area contributed by atoms with E-state index in [0.29, 0.717) is 11.3 Å². The molecule has 1 aliphatic heterocycles. The van der Waals surface area contributed by atoms with Crippen molar-refractivity contribution in [2.75, 3.05) is 11.1 Å². The number of benzene rings is 1. The molecular weight excluding hydrogens is 342 g/mol. The summed E-state index contributed by atoms with van der Waals surface area (Å²) in [6.45, 7) is 0. The number of anilines is 1. The van der Waals surface area contributed by atoms with E-state index in [1.54, 1.807) is 30.0 Å². The molecule has 1 aromatic rings. The minimum absolute atomic E-state index is 0.0208. The third kappa shape index (κ3) is 3.67. The van der Waals surface area contributed by atoms with Crippen LogP contribution in [0.25, 0.3) is 0 Å². The third-order valence-electron chi connectivity index (χ3n) is 3.10. The van der Waals surface area contributed by atoms with E-state index in [1.807, 2.05) is 0 Å². The number of thioether (sulfide) groups is 1. The fourth-order valence-corrected chi connectivity index (χ4v) is 3.61. The average Bonchev–Trinajstić information content (AvgIpc) is 2.49. The zero-order valence-corrected chi connectivity index (χ0v) is 13.2. The Labute approximate surface area is 130 Å². The summed E-state index contributed by atoms with van der Waals surface area (Å²) in [5.74, 6) is 0.966. The van der Waals surface area contributed by atoms with Crippen molar-refractivity contribution in [1.29, 1.82) is 0 Å². The van der Waals surface area contributed by atoms with Crippen LogP contribution in [0, 0.1) is 0 Å². The molecule has 4 N–H and O–H groups in total. The zero-order chi connectivity index (χ0) is 14.5. The number of carbonyl (C=O) groups is 1. The molecule has 1 aliphatic rings. The fourth-order valence-electron chi connectivity index (χ4n) is 2.05. The van der Waals surface area contributed by atoms with Crippen molar-refractivity contribution in [3.8, 4) is 0 Å². The number of carbonyl (C=O) groups excluding carboxylic acids is 1. The lowest BCUT2D eigenvalue weighted by Gasteiger charge is -2.21. The van der Waals surface area contributed by atoms with Gasteiger partial charge in [-0.2, -0.15) is 0 Å². The van der Waals surface area contributed by atoms with Gasteiger partial charge in [0.25, 0.3) is 0 Å². The topological polar surface area (TPSA) is 87.7 Å². The summed E-state index contributed by atoms with van der Waals surface area (Å²) >= 11 is 5.01. The van der Waals surface area contributed by atoms with Crippen LogP contribution >= 0.6 is 27.7 Å². The van der Waals surface area contributed by atoms with Gasteiger partial charge in [-0.15, -0.1) is 11.8 Å². The predicted octanol–water partition coefficient (Wildman–Crippen LogP) is 2.77. The molecule has 0 spiro atoms. The second-order valence-electron chi connectivity index (χ2n) is 4.52. The van der Waals surface area contributed by atoms with E-state index in [9.17, 15) is 4.79 Å². The van der Waals surface area contributed by atoms with Crippen molar-refractivity contribution >= 4 is 45.1 Å². The number of nitrogens with zero attached hydrogens (tertiary/aromatic N) is 1. The van der Waals surface area contributed by atoms with Gasteiger partial charge in [0.1, 0.15) is 0 Å². The normalized spacial score (nSPS) is 19.6. The van der Waals surface area contributed by atoms with Crippen molar-refractivity contribution in [3.63, 3.8) is 0 Å². The molecule has 0 aromatic heterocycles. The summed E-state index contributed by atoms with van der Waals surface area (Å²) in [6.07, 6.45) is 3.15. The summed E-state index contributed by atoms with van der Waals surface area (Å²) in [6, 6.07) is 5.25. The number of rotatable bonds is 3. The van der Waals surface area contributed by atoms with E-state index < -0.39 is 0 Å². The van der Waals surface area contributed by atoms with Crippen LogP contribution in [0.1, 0.15) is 24.8 Å². The molecule has 2 rings (SSSR count). The number of oxime groups is 1. The highest BCUT2D eigenvalue weighted by Gasteiger charge is 2.22. The quantitative estimate of drug-likeness (QED) is 0.336. The maximum atomic E-state index is 12.2. The summed E-state index contributed by atoms with van der Waals surface area (Å²) in [7, 11) is 0. The standard InChI is InChI=1S/C13H16BrN3O2S/c14-8-4-5-10(9(7-8)12(15)17-19)16-13(18)11-3-1-2-6-20-11/h4-5,7,11,19H,1-3,6H2,(H2,15,17)(H,16,18). The zero-order valence-electron chi connectivity index (χ0n) is 10.8. The van der Waals surface area contributed by atoms with Crippen LogP contribution in [0.3, 0.4) is 0 Å². The third-order valence-corrected chi connectivity index (χ3v) is 4.97. The second kappa shape index (κ2) is 6.99. The Morgan fingerprint density at radius 1 is 1.50 bits per heavy atom. The lowest BCUT2D eigenvalue weighted by molar-refractivity contribution is -0.115. The van der Waals surface area contributed by atoms with Gasteiger partial charge < -0.3 is 16.3 Å². The first-order valence-corrected chi connectivity index (χ1v) is 8.16. The lowest BCUT2D eigenvalue weighted by Crippen LogP contribution is -2.28.